The van der Waals surface area contributed by atoms with Crippen molar-refractivity contribution in [1.82, 2.24) is 0 Å². The minimum atomic E-state index is 0.394. The minimum absolute atomic E-state index is 0.394. The molecule has 100 valence electrons. The van der Waals surface area contributed by atoms with Crippen LogP contribution in [0.15, 0.2) is 23.1 Å². The third-order valence-corrected chi connectivity index (χ3v) is 4.42. The van der Waals surface area contributed by atoms with Gasteiger partial charge in [-0.25, -0.2) is 0 Å². The molecule has 0 atom stereocenters. The summed E-state index contributed by atoms with van der Waals surface area (Å²) in [6.07, 6.45) is 6.73. The molecule has 0 bridgehead atoms. The summed E-state index contributed by atoms with van der Waals surface area (Å²) in [6.45, 7) is 2.73. The predicted molar refractivity (Wildman–Crippen MR) is 78.2 cm³/mol. The van der Waals surface area contributed by atoms with E-state index in [9.17, 15) is 0 Å². The molecule has 1 saturated carbocycles. The Balaban J connectivity index is 2.12. The Morgan fingerprint density at radius 3 is 2.72 bits per heavy atom. The highest BCUT2D eigenvalue weighted by atomic mass is 32.2. The number of rotatable bonds is 5. The molecular weight excluding hydrogens is 242 g/mol. The van der Waals surface area contributed by atoms with Gasteiger partial charge in [-0.05, 0) is 43.6 Å². The molecule has 1 aromatic rings. The van der Waals surface area contributed by atoms with Crippen molar-refractivity contribution >= 4 is 11.8 Å². The van der Waals surface area contributed by atoms with Crippen molar-refractivity contribution in [1.29, 1.82) is 0 Å². The van der Waals surface area contributed by atoms with Crippen LogP contribution in [-0.4, -0.2) is 11.9 Å². The summed E-state index contributed by atoms with van der Waals surface area (Å²) >= 11 is 1.84. The molecule has 0 saturated heterocycles. The topological polar surface area (TPSA) is 35.2 Å². The van der Waals surface area contributed by atoms with E-state index in [0.29, 0.717) is 12.6 Å². The monoisotopic (exact) mass is 265 g/mol. The van der Waals surface area contributed by atoms with E-state index in [0.717, 1.165) is 11.5 Å². The number of hydrogen-bond acceptors (Lipinski definition) is 3. The van der Waals surface area contributed by atoms with E-state index in [1.165, 1.54) is 42.6 Å². The van der Waals surface area contributed by atoms with Crippen LogP contribution in [0.1, 0.15) is 44.6 Å². The SMILES string of the molecule is CCSc1cccc(OC2CCCCC2)c1CN. The van der Waals surface area contributed by atoms with Crippen LogP contribution >= 0.6 is 11.8 Å². The van der Waals surface area contributed by atoms with Crippen LogP contribution in [0.3, 0.4) is 0 Å². The van der Waals surface area contributed by atoms with Crippen molar-refractivity contribution < 1.29 is 4.74 Å². The lowest BCUT2D eigenvalue weighted by molar-refractivity contribution is 0.153. The van der Waals surface area contributed by atoms with Crippen LogP contribution in [0, 0.1) is 0 Å². The van der Waals surface area contributed by atoms with Crippen molar-refractivity contribution in [2.24, 2.45) is 5.73 Å². The van der Waals surface area contributed by atoms with Gasteiger partial charge in [-0.1, -0.05) is 19.4 Å². The maximum atomic E-state index is 6.17. The Morgan fingerprint density at radius 2 is 2.06 bits per heavy atom. The fourth-order valence-corrected chi connectivity index (χ4v) is 3.35. The van der Waals surface area contributed by atoms with Crippen molar-refractivity contribution in [3.05, 3.63) is 23.8 Å². The van der Waals surface area contributed by atoms with Gasteiger partial charge in [0.25, 0.3) is 0 Å². The summed E-state index contributed by atoms with van der Waals surface area (Å²) in [5.41, 5.74) is 7.07. The first-order valence-corrected chi connectivity index (χ1v) is 7.95. The molecule has 2 rings (SSSR count). The van der Waals surface area contributed by atoms with Crippen LogP contribution < -0.4 is 10.5 Å². The van der Waals surface area contributed by atoms with Crippen molar-refractivity contribution in [2.75, 3.05) is 5.75 Å². The molecule has 0 spiro atoms. The average Bonchev–Trinajstić information content (AvgIpc) is 2.41. The fourth-order valence-electron chi connectivity index (χ4n) is 2.51. The van der Waals surface area contributed by atoms with E-state index in [1.54, 1.807) is 0 Å². The molecule has 3 heteroatoms. The second-order valence-electron chi connectivity index (χ2n) is 4.75. The lowest BCUT2D eigenvalue weighted by atomic mass is 9.97. The molecule has 18 heavy (non-hydrogen) atoms. The van der Waals surface area contributed by atoms with E-state index in [1.807, 2.05) is 11.8 Å². The van der Waals surface area contributed by atoms with Crippen molar-refractivity contribution in [2.45, 2.75) is 56.6 Å². The summed E-state index contributed by atoms with van der Waals surface area (Å²) in [5, 5.41) is 0. The molecule has 1 aromatic carbocycles. The smallest absolute Gasteiger partial charge is 0.125 e. The molecule has 0 heterocycles. The zero-order valence-corrected chi connectivity index (χ0v) is 12.0. The van der Waals surface area contributed by atoms with E-state index in [4.69, 9.17) is 10.5 Å². The van der Waals surface area contributed by atoms with Crippen molar-refractivity contribution in [3.63, 3.8) is 0 Å². The molecular formula is C15H23NOS. The van der Waals surface area contributed by atoms with Crippen LogP contribution in [-0.2, 0) is 6.54 Å². The largest absolute Gasteiger partial charge is 0.490 e. The minimum Gasteiger partial charge on any atom is -0.490 e. The highest BCUT2D eigenvalue weighted by Gasteiger charge is 2.17. The first-order valence-electron chi connectivity index (χ1n) is 6.96. The molecule has 2 N–H and O–H groups in total. The molecule has 1 fully saturated rings. The summed E-state index contributed by atoms with van der Waals surface area (Å²) < 4.78 is 6.17. The molecule has 0 aliphatic heterocycles. The lowest BCUT2D eigenvalue weighted by Gasteiger charge is -2.24. The molecule has 1 aliphatic rings. The number of hydrogen-bond donors (Lipinski definition) is 1. The number of thioether (sulfide) groups is 1. The van der Waals surface area contributed by atoms with Gasteiger partial charge in [0.05, 0.1) is 6.10 Å². The normalized spacial score (nSPS) is 16.8. The molecule has 1 aliphatic carbocycles. The van der Waals surface area contributed by atoms with Crippen molar-refractivity contribution in [3.8, 4) is 5.75 Å². The first-order chi connectivity index (χ1) is 8.85. The maximum absolute atomic E-state index is 6.17. The Hall–Kier alpha value is -0.670. The van der Waals surface area contributed by atoms with Gasteiger partial charge in [0, 0.05) is 17.0 Å². The Labute approximate surface area is 114 Å². The van der Waals surface area contributed by atoms with Crippen LogP contribution in [0.5, 0.6) is 5.75 Å². The lowest BCUT2D eigenvalue weighted by Crippen LogP contribution is -2.20. The first kappa shape index (κ1) is 13.8. The van der Waals surface area contributed by atoms with E-state index >= 15 is 0 Å². The standard InChI is InChI=1S/C15H23NOS/c1-2-18-15-10-6-9-14(13(15)11-16)17-12-7-4-3-5-8-12/h6,9-10,12H,2-5,7-8,11,16H2,1H3. The third kappa shape index (κ3) is 3.42. The molecule has 2 nitrogen and oxygen atoms in total. The van der Waals surface area contributed by atoms with Gasteiger partial charge < -0.3 is 10.5 Å². The summed E-state index contributed by atoms with van der Waals surface area (Å²) in [7, 11) is 0. The van der Waals surface area contributed by atoms with Gasteiger partial charge in [0.1, 0.15) is 5.75 Å². The number of ether oxygens (including phenoxy) is 1. The second kappa shape index (κ2) is 7.05. The van der Waals surface area contributed by atoms with Crippen LogP contribution in [0.25, 0.3) is 0 Å². The second-order valence-corrected chi connectivity index (χ2v) is 6.05. The Bertz CT molecular complexity index is 375. The van der Waals surface area contributed by atoms with E-state index < -0.39 is 0 Å². The quantitative estimate of drug-likeness (QED) is 0.818. The molecule has 0 amide bonds. The predicted octanol–water partition coefficient (Wildman–Crippen LogP) is 3.97. The van der Waals surface area contributed by atoms with Crippen LogP contribution in [0.4, 0.5) is 0 Å². The molecule has 0 unspecified atom stereocenters. The van der Waals surface area contributed by atoms with Gasteiger partial charge in [0.2, 0.25) is 0 Å². The van der Waals surface area contributed by atoms with E-state index in [-0.39, 0.29) is 0 Å². The average molecular weight is 265 g/mol. The van der Waals surface area contributed by atoms with Gasteiger partial charge in [-0.3, -0.25) is 0 Å². The highest BCUT2D eigenvalue weighted by molar-refractivity contribution is 7.99. The zero-order valence-electron chi connectivity index (χ0n) is 11.2. The molecule has 0 aromatic heterocycles. The number of nitrogens with two attached hydrogens (primary N) is 1. The number of benzene rings is 1. The maximum Gasteiger partial charge on any atom is 0.125 e. The molecule has 0 radical (unpaired) electrons. The van der Waals surface area contributed by atoms with Crippen LogP contribution in [0.2, 0.25) is 0 Å². The van der Waals surface area contributed by atoms with Gasteiger partial charge in [-0.15, -0.1) is 11.8 Å². The van der Waals surface area contributed by atoms with Gasteiger partial charge in [0.15, 0.2) is 0 Å². The fraction of sp³-hybridized carbons (Fsp3) is 0.600. The van der Waals surface area contributed by atoms with Gasteiger partial charge >= 0.3 is 0 Å². The summed E-state index contributed by atoms with van der Waals surface area (Å²) in [4.78, 5) is 1.27. The Morgan fingerprint density at radius 1 is 1.28 bits per heavy atom. The summed E-state index contributed by atoms with van der Waals surface area (Å²) in [5.74, 6) is 2.07. The zero-order chi connectivity index (χ0) is 12.8. The van der Waals surface area contributed by atoms with E-state index in [2.05, 4.69) is 25.1 Å². The van der Waals surface area contributed by atoms with Gasteiger partial charge in [-0.2, -0.15) is 0 Å². The summed E-state index contributed by atoms with van der Waals surface area (Å²) in [6, 6.07) is 6.29. The third-order valence-electron chi connectivity index (χ3n) is 3.44. The highest BCUT2D eigenvalue weighted by Crippen LogP contribution is 2.32. The Kier molecular flexibility index (Phi) is 5.39.